The van der Waals surface area contributed by atoms with E-state index in [0.29, 0.717) is 17.4 Å². The molecule has 0 unspecified atom stereocenters. The van der Waals surface area contributed by atoms with Gasteiger partial charge in [0.15, 0.2) is 5.13 Å². The largest absolute Gasteiger partial charge is 0.497 e. The quantitative estimate of drug-likeness (QED) is 0.476. The van der Waals surface area contributed by atoms with E-state index in [1.807, 2.05) is 37.3 Å². The molecule has 158 valence electrons. The zero-order chi connectivity index (χ0) is 21.8. The molecule has 2 heterocycles. The van der Waals surface area contributed by atoms with Gasteiger partial charge in [0.05, 0.1) is 36.0 Å². The number of thiazole rings is 1. The summed E-state index contributed by atoms with van der Waals surface area (Å²) in [4.78, 5) is 33.6. The van der Waals surface area contributed by atoms with E-state index in [9.17, 15) is 9.59 Å². The molecule has 0 aliphatic heterocycles. The number of carbonyl (C=O) groups excluding carboxylic acids is 1. The lowest BCUT2D eigenvalue weighted by atomic mass is 10.1. The maximum Gasteiger partial charge on any atom is 0.254 e. The fraction of sp³-hybridized carbons (Fsp3) is 0.182. The van der Waals surface area contributed by atoms with E-state index in [0.717, 1.165) is 27.3 Å². The van der Waals surface area contributed by atoms with E-state index < -0.39 is 0 Å². The van der Waals surface area contributed by atoms with Crippen LogP contribution in [0.15, 0.2) is 59.7 Å². The second kappa shape index (κ2) is 8.97. The maximum atomic E-state index is 12.5. The number of amides is 1. The number of nitrogens with zero attached hydrogens (tertiary/aromatic N) is 3. The van der Waals surface area contributed by atoms with E-state index >= 15 is 0 Å². The molecule has 0 bridgehead atoms. The molecule has 0 fully saturated rings. The number of ether oxygens (including phenoxy) is 2. The van der Waals surface area contributed by atoms with Crippen LogP contribution in [0.5, 0.6) is 11.5 Å². The molecule has 2 aromatic carbocycles. The lowest BCUT2D eigenvalue weighted by Crippen LogP contribution is -2.27. The molecule has 0 aliphatic rings. The van der Waals surface area contributed by atoms with Gasteiger partial charge < -0.3 is 14.8 Å². The van der Waals surface area contributed by atoms with Crippen molar-refractivity contribution in [2.24, 2.45) is 0 Å². The van der Waals surface area contributed by atoms with Crippen molar-refractivity contribution < 1.29 is 14.3 Å². The van der Waals surface area contributed by atoms with Gasteiger partial charge in [0.1, 0.15) is 18.0 Å². The molecule has 0 atom stereocenters. The topological polar surface area (TPSA) is 95.3 Å². The second-order valence-electron chi connectivity index (χ2n) is 6.60. The molecular weight excluding hydrogens is 416 g/mol. The summed E-state index contributed by atoms with van der Waals surface area (Å²) in [6.45, 7) is 2.34. The molecular formula is C22H20N4O4S. The van der Waals surface area contributed by atoms with Crippen LogP contribution in [0.25, 0.3) is 21.5 Å². The number of aromatic nitrogens is 3. The summed E-state index contributed by atoms with van der Waals surface area (Å²) in [7, 11) is 1.59. The minimum atomic E-state index is -0.356. The van der Waals surface area contributed by atoms with Crippen molar-refractivity contribution >= 4 is 32.6 Å². The van der Waals surface area contributed by atoms with Crippen LogP contribution in [-0.2, 0) is 11.3 Å². The normalized spacial score (nSPS) is 10.8. The Balaban J connectivity index is 1.45. The van der Waals surface area contributed by atoms with Gasteiger partial charge in [-0.3, -0.25) is 14.2 Å². The van der Waals surface area contributed by atoms with E-state index in [1.165, 1.54) is 28.3 Å². The lowest BCUT2D eigenvalue weighted by Gasteiger charge is -2.07. The monoisotopic (exact) mass is 436 g/mol. The van der Waals surface area contributed by atoms with Gasteiger partial charge in [-0.05, 0) is 49.4 Å². The SMILES string of the molecule is CCOc1ccc2nc(NC(=O)Cn3cnc(-c4ccc(OC)cc4)cc3=O)sc2c1. The third-order valence-electron chi connectivity index (χ3n) is 4.50. The van der Waals surface area contributed by atoms with Gasteiger partial charge in [-0.1, -0.05) is 11.3 Å². The minimum absolute atomic E-state index is 0.158. The molecule has 31 heavy (non-hydrogen) atoms. The summed E-state index contributed by atoms with van der Waals surface area (Å²) in [6.07, 6.45) is 1.37. The van der Waals surface area contributed by atoms with Gasteiger partial charge in [0.25, 0.3) is 5.56 Å². The van der Waals surface area contributed by atoms with Crippen LogP contribution in [-0.4, -0.2) is 34.2 Å². The molecule has 8 nitrogen and oxygen atoms in total. The first kappa shape index (κ1) is 20.5. The molecule has 0 spiro atoms. The molecule has 1 N–H and O–H groups in total. The summed E-state index contributed by atoms with van der Waals surface area (Å²) in [5.74, 6) is 1.12. The molecule has 0 saturated heterocycles. The lowest BCUT2D eigenvalue weighted by molar-refractivity contribution is -0.116. The predicted molar refractivity (Wildman–Crippen MR) is 120 cm³/mol. The number of carbonyl (C=O) groups is 1. The first-order valence-electron chi connectivity index (χ1n) is 9.60. The highest BCUT2D eigenvalue weighted by Crippen LogP contribution is 2.29. The fourth-order valence-electron chi connectivity index (χ4n) is 2.99. The van der Waals surface area contributed by atoms with Gasteiger partial charge in [-0.25, -0.2) is 9.97 Å². The zero-order valence-corrected chi connectivity index (χ0v) is 17.8. The Bertz CT molecular complexity index is 1280. The average Bonchev–Trinajstić information content (AvgIpc) is 3.17. The smallest absolute Gasteiger partial charge is 0.254 e. The number of hydrogen-bond acceptors (Lipinski definition) is 7. The Morgan fingerprint density at radius 2 is 1.90 bits per heavy atom. The van der Waals surface area contributed by atoms with E-state index in [4.69, 9.17) is 9.47 Å². The Hall–Kier alpha value is -3.72. The van der Waals surface area contributed by atoms with Gasteiger partial charge in [0, 0.05) is 11.6 Å². The van der Waals surface area contributed by atoms with Crippen LogP contribution < -0.4 is 20.3 Å². The molecule has 2 aromatic heterocycles. The number of fused-ring (bicyclic) bond motifs is 1. The summed E-state index contributed by atoms with van der Waals surface area (Å²) < 4.78 is 12.8. The number of nitrogens with one attached hydrogen (secondary N) is 1. The van der Waals surface area contributed by atoms with Gasteiger partial charge in [-0.15, -0.1) is 0 Å². The van der Waals surface area contributed by atoms with Gasteiger partial charge in [0.2, 0.25) is 5.91 Å². The van der Waals surface area contributed by atoms with Crippen molar-refractivity contribution in [3.05, 3.63) is 65.2 Å². The minimum Gasteiger partial charge on any atom is -0.497 e. The van der Waals surface area contributed by atoms with Crippen LogP contribution in [0.4, 0.5) is 5.13 Å². The van der Waals surface area contributed by atoms with Crippen LogP contribution in [0.3, 0.4) is 0 Å². The second-order valence-corrected chi connectivity index (χ2v) is 7.63. The van der Waals surface area contributed by atoms with Crippen LogP contribution in [0, 0.1) is 0 Å². The van der Waals surface area contributed by atoms with Crippen molar-refractivity contribution in [1.29, 1.82) is 0 Å². The Kier molecular flexibility index (Phi) is 5.94. The van der Waals surface area contributed by atoms with Gasteiger partial charge in [-0.2, -0.15) is 0 Å². The number of methoxy groups -OCH3 is 1. The molecule has 1 amide bonds. The standard InChI is InChI=1S/C22H20N4O4S/c1-3-30-16-8-9-17-19(10-16)31-22(24-17)25-20(27)12-26-13-23-18(11-21(26)28)14-4-6-15(29-2)7-5-14/h4-11,13H,3,12H2,1-2H3,(H,24,25,27). The first-order chi connectivity index (χ1) is 15.1. The highest BCUT2D eigenvalue weighted by atomic mass is 32.1. The number of benzene rings is 2. The zero-order valence-electron chi connectivity index (χ0n) is 17.0. The number of rotatable bonds is 7. The Morgan fingerprint density at radius 1 is 1.13 bits per heavy atom. The van der Waals surface area contributed by atoms with Crippen molar-refractivity contribution in [2.75, 3.05) is 19.0 Å². The molecule has 0 radical (unpaired) electrons. The van der Waals surface area contributed by atoms with Crippen LogP contribution in [0.2, 0.25) is 0 Å². The van der Waals surface area contributed by atoms with E-state index in [1.54, 1.807) is 19.2 Å². The van der Waals surface area contributed by atoms with Crippen molar-refractivity contribution in [3.63, 3.8) is 0 Å². The van der Waals surface area contributed by atoms with Crippen molar-refractivity contribution in [1.82, 2.24) is 14.5 Å². The molecule has 4 rings (SSSR count). The maximum absolute atomic E-state index is 12.5. The van der Waals surface area contributed by atoms with E-state index in [-0.39, 0.29) is 18.0 Å². The molecule has 4 aromatic rings. The summed E-state index contributed by atoms with van der Waals surface area (Å²) in [5.41, 5.74) is 1.77. The van der Waals surface area contributed by atoms with Crippen LogP contribution >= 0.6 is 11.3 Å². The number of anilines is 1. The molecule has 0 aliphatic carbocycles. The summed E-state index contributed by atoms with van der Waals surface area (Å²) in [5, 5.41) is 3.21. The predicted octanol–water partition coefficient (Wildman–Crippen LogP) is 3.57. The Morgan fingerprint density at radius 3 is 2.61 bits per heavy atom. The van der Waals surface area contributed by atoms with Gasteiger partial charge >= 0.3 is 0 Å². The van der Waals surface area contributed by atoms with E-state index in [2.05, 4.69) is 15.3 Å². The summed E-state index contributed by atoms with van der Waals surface area (Å²) >= 11 is 1.35. The van der Waals surface area contributed by atoms with Crippen molar-refractivity contribution in [2.45, 2.75) is 13.5 Å². The summed E-state index contributed by atoms with van der Waals surface area (Å²) in [6, 6.07) is 14.2. The number of hydrogen-bond donors (Lipinski definition) is 1. The fourth-order valence-corrected chi connectivity index (χ4v) is 3.90. The molecule has 0 saturated carbocycles. The molecule has 9 heteroatoms. The Labute approximate surface area is 182 Å². The highest BCUT2D eigenvalue weighted by molar-refractivity contribution is 7.22. The average molecular weight is 436 g/mol. The van der Waals surface area contributed by atoms with Crippen molar-refractivity contribution in [3.8, 4) is 22.8 Å². The highest BCUT2D eigenvalue weighted by Gasteiger charge is 2.11. The third-order valence-corrected chi connectivity index (χ3v) is 5.43. The van der Waals surface area contributed by atoms with Crippen LogP contribution in [0.1, 0.15) is 6.92 Å². The first-order valence-corrected chi connectivity index (χ1v) is 10.4. The third kappa shape index (κ3) is 4.72.